The van der Waals surface area contributed by atoms with Crippen LogP contribution in [0.15, 0.2) is 18.2 Å². The number of ether oxygens (including phenoxy) is 2. The number of halogens is 3. The van der Waals surface area contributed by atoms with Crippen molar-refractivity contribution in [1.29, 1.82) is 0 Å². The zero-order valence-corrected chi connectivity index (χ0v) is 18.5. The van der Waals surface area contributed by atoms with Gasteiger partial charge in [-0.05, 0) is 44.7 Å². The molecule has 1 saturated carbocycles. The zero-order chi connectivity index (χ0) is 24.1. The number of carbonyl (C=O) groups is 3. The van der Waals surface area contributed by atoms with Gasteiger partial charge in [-0.15, -0.1) is 0 Å². The molecular weight excluding hydrogens is 462 g/mol. The number of aromatic nitrogens is 2. The van der Waals surface area contributed by atoms with E-state index in [0.29, 0.717) is 12.1 Å². The number of esters is 1. The molecule has 0 saturated heterocycles. The summed E-state index contributed by atoms with van der Waals surface area (Å²) in [5.41, 5.74) is 4.83. The molecule has 0 spiro atoms. The van der Waals surface area contributed by atoms with E-state index in [2.05, 4.69) is 10.4 Å². The van der Waals surface area contributed by atoms with Crippen LogP contribution in [0.3, 0.4) is 0 Å². The predicted molar refractivity (Wildman–Crippen MR) is 114 cm³/mol. The number of hydrogen-bond donors (Lipinski definition) is 2. The van der Waals surface area contributed by atoms with Crippen LogP contribution in [0, 0.1) is 11.6 Å². The Labute approximate surface area is 193 Å². The smallest absolute Gasteiger partial charge is 0.359 e. The number of benzene rings is 1. The van der Waals surface area contributed by atoms with Crippen molar-refractivity contribution in [3.05, 3.63) is 46.1 Å². The van der Waals surface area contributed by atoms with E-state index < -0.39 is 35.6 Å². The largest absolute Gasteiger partial charge is 0.458 e. The van der Waals surface area contributed by atoms with Crippen LogP contribution in [-0.2, 0) is 14.3 Å². The van der Waals surface area contributed by atoms with E-state index in [-0.39, 0.29) is 34.8 Å². The third-order valence-corrected chi connectivity index (χ3v) is 5.37. The van der Waals surface area contributed by atoms with Crippen molar-refractivity contribution in [3.8, 4) is 0 Å². The van der Waals surface area contributed by atoms with Crippen molar-refractivity contribution in [3.63, 3.8) is 0 Å². The van der Waals surface area contributed by atoms with Crippen LogP contribution < -0.4 is 11.1 Å². The second kappa shape index (κ2) is 10.7. The number of nitrogens with two attached hydrogens (primary N) is 1. The van der Waals surface area contributed by atoms with E-state index in [9.17, 15) is 23.2 Å². The second-order valence-corrected chi connectivity index (χ2v) is 7.84. The Morgan fingerprint density at radius 3 is 2.52 bits per heavy atom. The predicted octanol–water partition coefficient (Wildman–Crippen LogP) is 3.58. The maximum atomic E-state index is 13.6. The molecule has 33 heavy (non-hydrogen) atoms. The minimum atomic E-state index is -1.46. The lowest BCUT2D eigenvalue weighted by Gasteiger charge is -2.21. The van der Waals surface area contributed by atoms with Crippen molar-refractivity contribution in [2.45, 2.75) is 51.4 Å². The van der Waals surface area contributed by atoms with Gasteiger partial charge in [0.15, 0.2) is 17.3 Å². The van der Waals surface area contributed by atoms with E-state index in [4.69, 9.17) is 26.8 Å². The first-order valence-electron chi connectivity index (χ1n) is 10.4. The number of anilines is 1. The maximum Gasteiger partial charge on any atom is 0.359 e. The summed E-state index contributed by atoms with van der Waals surface area (Å²) in [4.78, 5) is 37.3. The molecule has 1 unspecified atom stereocenters. The van der Waals surface area contributed by atoms with Gasteiger partial charge in [-0.3, -0.25) is 9.59 Å². The fourth-order valence-corrected chi connectivity index (χ4v) is 3.71. The summed E-state index contributed by atoms with van der Waals surface area (Å²) in [6.07, 6.45) is 2.70. The molecule has 1 aromatic heterocycles. The number of carbonyl (C=O) groups excluding carboxylic acids is 3. The Bertz CT molecular complexity index is 1060. The second-order valence-electron chi connectivity index (χ2n) is 7.44. The molecule has 0 bridgehead atoms. The van der Waals surface area contributed by atoms with E-state index in [1.807, 2.05) is 0 Å². The highest BCUT2D eigenvalue weighted by Gasteiger charge is 2.28. The Hall–Kier alpha value is -3.05. The van der Waals surface area contributed by atoms with Crippen molar-refractivity contribution >= 4 is 35.2 Å². The number of hydrogen-bond acceptors (Lipinski definition) is 6. The van der Waals surface area contributed by atoms with Gasteiger partial charge in [-0.1, -0.05) is 18.0 Å². The van der Waals surface area contributed by atoms with Gasteiger partial charge < -0.3 is 20.5 Å². The van der Waals surface area contributed by atoms with Gasteiger partial charge in [0, 0.05) is 12.7 Å². The zero-order valence-electron chi connectivity index (χ0n) is 17.8. The third-order valence-electron chi connectivity index (χ3n) is 5.06. The van der Waals surface area contributed by atoms with Crippen molar-refractivity contribution in [1.82, 2.24) is 9.78 Å². The monoisotopic (exact) mass is 484 g/mol. The highest BCUT2D eigenvalue weighted by Crippen LogP contribution is 2.25. The van der Waals surface area contributed by atoms with Crippen LogP contribution >= 0.6 is 11.6 Å². The molecule has 2 aromatic rings. The molecule has 12 heteroatoms. The van der Waals surface area contributed by atoms with Crippen molar-refractivity contribution in [2.75, 3.05) is 11.9 Å². The lowest BCUT2D eigenvalue weighted by Crippen LogP contribution is -2.31. The summed E-state index contributed by atoms with van der Waals surface area (Å²) >= 11 is 5.87. The molecule has 3 rings (SSSR count). The SMILES string of the molecule is CCOC(C(N)=O)n1nc(C(=O)OC2CCCCC2)cc1NC(=O)c1cc(F)c(F)cc1Cl. The van der Waals surface area contributed by atoms with Crippen LogP contribution in [0.5, 0.6) is 0 Å². The summed E-state index contributed by atoms with van der Waals surface area (Å²) in [7, 11) is 0. The lowest BCUT2D eigenvalue weighted by molar-refractivity contribution is -0.136. The van der Waals surface area contributed by atoms with Crippen LogP contribution in [0.4, 0.5) is 14.6 Å². The average Bonchev–Trinajstić information content (AvgIpc) is 3.18. The standard InChI is InChI=1S/C21H23ClF2N4O5/c1-2-32-20(18(25)29)28-17(26-19(30)12-8-14(23)15(24)9-13(12)22)10-16(27-28)21(31)33-11-6-4-3-5-7-11/h8-11,20H,2-7H2,1H3,(H2,25,29)(H,26,30). The fraction of sp³-hybridized carbons (Fsp3) is 0.429. The number of rotatable bonds is 8. The topological polar surface area (TPSA) is 126 Å². The van der Waals surface area contributed by atoms with Gasteiger partial charge in [0.1, 0.15) is 11.9 Å². The summed E-state index contributed by atoms with van der Waals surface area (Å²) in [5.74, 6) is -5.28. The van der Waals surface area contributed by atoms with E-state index >= 15 is 0 Å². The molecule has 1 aliphatic carbocycles. The molecule has 9 nitrogen and oxygen atoms in total. The number of nitrogens with one attached hydrogen (secondary N) is 1. The molecule has 1 aliphatic rings. The molecular formula is C21H23ClF2N4O5. The first-order chi connectivity index (χ1) is 15.7. The van der Waals surface area contributed by atoms with E-state index in [1.165, 1.54) is 6.07 Å². The minimum Gasteiger partial charge on any atom is -0.458 e. The summed E-state index contributed by atoms with van der Waals surface area (Å²) in [6, 6.07) is 2.45. The highest BCUT2D eigenvalue weighted by atomic mass is 35.5. The van der Waals surface area contributed by atoms with Crippen LogP contribution in [0.2, 0.25) is 5.02 Å². The first-order valence-corrected chi connectivity index (χ1v) is 10.8. The lowest BCUT2D eigenvalue weighted by atomic mass is 9.98. The van der Waals surface area contributed by atoms with Gasteiger partial charge in [-0.25, -0.2) is 18.3 Å². The molecule has 0 radical (unpaired) electrons. The molecule has 1 fully saturated rings. The molecule has 178 valence electrons. The van der Waals surface area contributed by atoms with Gasteiger partial charge in [-0.2, -0.15) is 5.10 Å². The average molecular weight is 485 g/mol. The minimum absolute atomic E-state index is 0.0672. The van der Waals surface area contributed by atoms with Gasteiger partial charge in [0.05, 0.1) is 10.6 Å². The fourth-order valence-electron chi connectivity index (χ4n) is 3.47. The first kappa shape index (κ1) is 24.6. The maximum absolute atomic E-state index is 13.6. The molecule has 1 heterocycles. The van der Waals surface area contributed by atoms with E-state index in [0.717, 1.165) is 36.8 Å². The number of amides is 2. The van der Waals surface area contributed by atoms with Crippen LogP contribution in [-0.4, -0.2) is 40.3 Å². The Morgan fingerprint density at radius 2 is 1.88 bits per heavy atom. The molecule has 1 atom stereocenters. The Morgan fingerprint density at radius 1 is 1.21 bits per heavy atom. The molecule has 1 aromatic carbocycles. The van der Waals surface area contributed by atoms with Crippen molar-refractivity contribution < 1.29 is 32.6 Å². The Kier molecular flexibility index (Phi) is 7.98. The summed E-state index contributed by atoms with van der Waals surface area (Å²) in [6.45, 7) is 1.68. The number of primary amides is 1. The van der Waals surface area contributed by atoms with Gasteiger partial charge >= 0.3 is 5.97 Å². The molecule has 3 N–H and O–H groups in total. The normalized spacial score (nSPS) is 15.2. The van der Waals surface area contributed by atoms with E-state index in [1.54, 1.807) is 6.92 Å². The van der Waals surface area contributed by atoms with Crippen molar-refractivity contribution in [2.24, 2.45) is 5.73 Å². The van der Waals surface area contributed by atoms with Gasteiger partial charge in [0.2, 0.25) is 6.23 Å². The highest BCUT2D eigenvalue weighted by molar-refractivity contribution is 6.34. The summed E-state index contributed by atoms with van der Waals surface area (Å²) < 4.78 is 38.7. The summed E-state index contributed by atoms with van der Waals surface area (Å²) in [5, 5.41) is 6.09. The van der Waals surface area contributed by atoms with Crippen LogP contribution in [0.25, 0.3) is 0 Å². The van der Waals surface area contributed by atoms with Crippen LogP contribution in [0.1, 0.15) is 66.1 Å². The quantitative estimate of drug-likeness (QED) is 0.435. The van der Waals surface area contributed by atoms with Gasteiger partial charge in [0.25, 0.3) is 11.8 Å². The Balaban J connectivity index is 1.92. The molecule has 0 aliphatic heterocycles. The molecule has 2 amide bonds. The third kappa shape index (κ3) is 5.85. The number of nitrogens with zero attached hydrogens (tertiary/aromatic N) is 2.